The van der Waals surface area contributed by atoms with E-state index in [0.717, 1.165) is 12.8 Å². The summed E-state index contributed by atoms with van der Waals surface area (Å²) in [6.07, 6.45) is 6.02. The van der Waals surface area contributed by atoms with E-state index in [1.54, 1.807) is 0 Å². The fourth-order valence-electron chi connectivity index (χ4n) is 1.41. The van der Waals surface area contributed by atoms with E-state index in [1.165, 1.54) is 24.8 Å². The summed E-state index contributed by atoms with van der Waals surface area (Å²) in [5.74, 6) is 0. The first-order valence-corrected chi connectivity index (χ1v) is 3.92. The van der Waals surface area contributed by atoms with Crippen molar-refractivity contribution in [3.05, 3.63) is 11.3 Å². The van der Waals surface area contributed by atoms with Crippen molar-refractivity contribution in [2.75, 3.05) is 6.61 Å². The molecule has 1 rings (SSSR count). The molecule has 58 valence electrons. The topological polar surface area (TPSA) is 46.2 Å². The fraction of sp³-hybridized carbons (Fsp3) is 0.750. The second-order valence-corrected chi connectivity index (χ2v) is 2.85. The Morgan fingerprint density at radius 2 is 1.90 bits per heavy atom. The molecule has 0 atom stereocenters. The Labute approximate surface area is 61.7 Å². The highest BCUT2D eigenvalue weighted by molar-refractivity contribution is 5.12. The predicted octanol–water partition coefficient (Wildman–Crippen LogP) is 1.16. The largest absolute Gasteiger partial charge is 0.400 e. The lowest BCUT2D eigenvalue weighted by molar-refractivity contribution is 0.326. The maximum atomic E-state index is 8.70. The van der Waals surface area contributed by atoms with Crippen LogP contribution in [0.15, 0.2) is 11.3 Å². The van der Waals surface area contributed by atoms with E-state index < -0.39 is 0 Å². The summed E-state index contributed by atoms with van der Waals surface area (Å²) in [4.78, 5) is 0. The Morgan fingerprint density at radius 1 is 1.30 bits per heavy atom. The van der Waals surface area contributed by atoms with Crippen LogP contribution in [0.4, 0.5) is 0 Å². The maximum Gasteiger partial charge on any atom is 0.0824 e. The molecule has 1 aliphatic carbocycles. The van der Waals surface area contributed by atoms with Crippen molar-refractivity contribution in [1.29, 1.82) is 0 Å². The SMILES string of the molecule is NC(CO)=C1CCCCC1. The Morgan fingerprint density at radius 3 is 2.40 bits per heavy atom. The predicted molar refractivity (Wildman–Crippen MR) is 41.4 cm³/mol. The van der Waals surface area contributed by atoms with Crippen LogP contribution >= 0.6 is 0 Å². The minimum atomic E-state index is 0.0370. The molecule has 0 aromatic rings. The summed E-state index contributed by atoms with van der Waals surface area (Å²) >= 11 is 0. The third-order valence-electron chi connectivity index (χ3n) is 2.08. The second-order valence-electron chi connectivity index (χ2n) is 2.85. The smallest absolute Gasteiger partial charge is 0.0824 e. The maximum absolute atomic E-state index is 8.70. The second kappa shape index (κ2) is 3.62. The Bertz CT molecular complexity index is 132. The molecule has 1 fully saturated rings. The molecule has 0 amide bonds. The standard InChI is InChI=1S/C8H15NO/c9-8(6-10)7-4-2-1-3-5-7/h10H,1-6,9H2. The zero-order chi connectivity index (χ0) is 7.40. The third-order valence-corrected chi connectivity index (χ3v) is 2.08. The molecule has 1 aliphatic rings. The molecule has 0 saturated heterocycles. The number of rotatable bonds is 1. The number of hydrogen-bond donors (Lipinski definition) is 2. The van der Waals surface area contributed by atoms with Crippen molar-refractivity contribution in [3.8, 4) is 0 Å². The lowest BCUT2D eigenvalue weighted by Crippen LogP contribution is -2.09. The van der Waals surface area contributed by atoms with Gasteiger partial charge in [0.25, 0.3) is 0 Å². The fourth-order valence-corrected chi connectivity index (χ4v) is 1.41. The average molecular weight is 141 g/mol. The lowest BCUT2D eigenvalue weighted by Gasteiger charge is -2.15. The van der Waals surface area contributed by atoms with Gasteiger partial charge in [-0.2, -0.15) is 0 Å². The van der Waals surface area contributed by atoms with E-state index in [9.17, 15) is 0 Å². The summed E-state index contributed by atoms with van der Waals surface area (Å²) in [6, 6.07) is 0. The van der Waals surface area contributed by atoms with Gasteiger partial charge in [-0.15, -0.1) is 0 Å². The van der Waals surface area contributed by atoms with Gasteiger partial charge in [0.05, 0.1) is 6.61 Å². The first kappa shape index (κ1) is 7.61. The molecule has 0 spiro atoms. The van der Waals surface area contributed by atoms with Crippen molar-refractivity contribution in [2.24, 2.45) is 5.73 Å². The van der Waals surface area contributed by atoms with Gasteiger partial charge in [0.2, 0.25) is 0 Å². The highest BCUT2D eigenvalue weighted by Crippen LogP contribution is 2.23. The minimum Gasteiger partial charge on any atom is -0.400 e. The number of allylic oxidation sites excluding steroid dienone is 1. The molecule has 0 aromatic carbocycles. The molecule has 0 radical (unpaired) electrons. The quantitative estimate of drug-likeness (QED) is 0.575. The zero-order valence-corrected chi connectivity index (χ0v) is 6.27. The van der Waals surface area contributed by atoms with Gasteiger partial charge in [-0.1, -0.05) is 6.42 Å². The number of aliphatic hydroxyl groups is 1. The van der Waals surface area contributed by atoms with Crippen molar-refractivity contribution in [3.63, 3.8) is 0 Å². The molecule has 0 aromatic heterocycles. The first-order chi connectivity index (χ1) is 4.84. The molecule has 0 bridgehead atoms. The molecule has 0 heterocycles. The van der Waals surface area contributed by atoms with Gasteiger partial charge in [-0.3, -0.25) is 0 Å². The van der Waals surface area contributed by atoms with Crippen molar-refractivity contribution >= 4 is 0 Å². The molecule has 10 heavy (non-hydrogen) atoms. The number of hydrogen-bond acceptors (Lipinski definition) is 2. The summed E-state index contributed by atoms with van der Waals surface area (Å²) < 4.78 is 0. The molecule has 2 nitrogen and oxygen atoms in total. The molecule has 2 heteroatoms. The summed E-state index contributed by atoms with van der Waals surface area (Å²) in [5, 5.41) is 8.70. The minimum absolute atomic E-state index is 0.0370. The highest BCUT2D eigenvalue weighted by Gasteiger charge is 2.07. The van der Waals surface area contributed by atoms with Crippen molar-refractivity contribution < 1.29 is 5.11 Å². The third kappa shape index (κ3) is 1.74. The van der Waals surface area contributed by atoms with E-state index in [0.29, 0.717) is 5.70 Å². The van der Waals surface area contributed by atoms with Crippen LogP contribution in [0.2, 0.25) is 0 Å². The molecular weight excluding hydrogens is 126 g/mol. The summed E-state index contributed by atoms with van der Waals surface area (Å²) in [7, 11) is 0. The molecular formula is C8H15NO. The van der Waals surface area contributed by atoms with Crippen LogP contribution < -0.4 is 5.73 Å². The normalized spacial score (nSPS) is 19.1. The first-order valence-electron chi connectivity index (χ1n) is 3.92. The van der Waals surface area contributed by atoms with Crippen LogP contribution in [0.5, 0.6) is 0 Å². The van der Waals surface area contributed by atoms with Gasteiger partial charge in [-0.25, -0.2) is 0 Å². The van der Waals surface area contributed by atoms with E-state index >= 15 is 0 Å². The van der Waals surface area contributed by atoms with Crippen molar-refractivity contribution in [1.82, 2.24) is 0 Å². The molecule has 0 aliphatic heterocycles. The molecule has 1 saturated carbocycles. The van der Waals surface area contributed by atoms with Crippen molar-refractivity contribution in [2.45, 2.75) is 32.1 Å². The lowest BCUT2D eigenvalue weighted by atomic mass is 9.93. The van der Waals surface area contributed by atoms with Crippen LogP contribution in [0, 0.1) is 0 Å². The number of aliphatic hydroxyl groups excluding tert-OH is 1. The van der Waals surface area contributed by atoms with Gasteiger partial charge in [-0.05, 0) is 31.3 Å². The summed E-state index contributed by atoms with van der Waals surface area (Å²) in [5.41, 5.74) is 7.57. The van der Waals surface area contributed by atoms with Gasteiger partial charge in [0, 0.05) is 5.70 Å². The van der Waals surface area contributed by atoms with Crippen LogP contribution in [-0.4, -0.2) is 11.7 Å². The van der Waals surface area contributed by atoms with Crippen LogP contribution in [0.3, 0.4) is 0 Å². The number of nitrogens with two attached hydrogens (primary N) is 1. The highest BCUT2D eigenvalue weighted by atomic mass is 16.3. The van der Waals surface area contributed by atoms with E-state index in [-0.39, 0.29) is 6.61 Å². The van der Waals surface area contributed by atoms with Gasteiger partial charge in [0.1, 0.15) is 0 Å². The molecule has 3 N–H and O–H groups in total. The van der Waals surface area contributed by atoms with Gasteiger partial charge >= 0.3 is 0 Å². The van der Waals surface area contributed by atoms with E-state index in [2.05, 4.69) is 0 Å². The summed E-state index contributed by atoms with van der Waals surface area (Å²) in [6.45, 7) is 0.0370. The van der Waals surface area contributed by atoms with Crippen LogP contribution in [0.1, 0.15) is 32.1 Å². The van der Waals surface area contributed by atoms with Crippen LogP contribution in [-0.2, 0) is 0 Å². The average Bonchev–Trinajstić information content (AvgIpc) is 2.05. The van der Waals surface area contributed by atoms with Gasteiger partial charge in [0.15, 0.2) is 0 Å². The Hall–Kier alpha value is -0.500. The van der Waals surface area contributed by atoms with Crippen LogP contribution in [0.25, 0.3) is 0 Å². The Balaban J connectivity index is 2.51. The zero-order valence-electron chi connectivity index (χ0n) is 6.27. The Kier molecular flexibility index (Phi) is 2.75. The van der Waals surface area contributed by atoms with E-state index in [4.69, 9.17) is 10.8 Å². The van der Waals surface area contributed by atoms with E-state index in [1.807, 2.05) is 0 Å². The van der Waals surface area contributed by atoms with Gasteiger partial charge < -0.3 is 10.8 Å². The molecule has 0 unspecified atom stereocenters. The monoisotopic (exact) mass is 141 g/mol.